The molecule has 0 amide bonds. The summed E-state index contributed by atoms with van der Waals surface area (Å²) in [5.41, 5.74) is 2.23. The summed E-state index contributed by atoms with van der Waals surface area (Å²) < 4.78 is 16.7. The SMILES string of the molecule is COc1cccc(C[14CH2]c2ccccc2OC[C@@H](CN(C)C)OC(=O)CCC(=O)O)c1. The highest BCUT2D eigenvalue weighted by atomic mass is 16.6. The van der Waals surface area contributed by atoms with E-state index in [9.17, 15) is 9.59 Å². The molecule has 0 unspecified atom stereocenters. The van der Waals surface area contributed by atoms with Gasteiger partial charge in [0.25, 0.3) is 0 Å². The summed E-state index contributed by atoms with van der Waals surface area (Å²) in [4.78, 5) is 24.5. The first-order chi connectivity index (χ1) is 14.9. The Balaban J connectivity index is 1.98. The molecule has 168 valence electrons. The maximum Gasteiger partial charge on any atom is 0.306 e. The summed E-state index contributed by atoms with van der Waals surface area (Å²) in [7, 11) is 5.40. The number of para-hydroxylation sites is 1. The molecule has 7 nitrogen and oxygen atoms in total. The van der Waals surface area contributed by atoms with Crippen molar-refractivity contribution in [3.8, 4) is 11.5 Å². The van der Waals surface area contributed by atoms with E-state index >= 15 is 0 Å². The quantitative estimate of drug-likeness (QED) is 0.488. The molecule has 1 N–H and O–H groups in total. The van der Waals surface area contributed by atoms with Crippen LogP contribution in [0, 0.1) is 0 Å². The maximum atomic E-state index is 12.0. The highest BCUT2D eigenvalue weighted by Crippen LogP contribution is 2.22. The normalized spacial score (nSPS) is 11.7. The smallest absolute Gasteiger partial charge is 0.306 e. The Hall–Kier alpha value is -3.06. The van der Waals surface area contributed by atoms with Gasteiger partial charge in [0.2, 0.25) is 0 Å². The number of methoxy groups -OCH3 is 1. The Kier molecular flexibility index (Phi) is 9.84. The number of carbonyl (C=O) groups excluding carboxylic acids is 1. The largest absolute Gasteiger partial charge is 0.497 e. The number of benzene rings is 2. The van der Waals surface area contributed by atoms with E-state index in [4.69, 9.17) is 19.3 Å². The van der Waals surface area contributed by atoms with Gasteiger partial charge in [-0.25, -0.2) is 0 Å². The van der Waals surface area contributed by atoms with Crippen LogP contribution in [0.4, 0.5) is 0 Å². The number of ether oxygens (including phenoxy) is 3. The van der Waals surface area contributed by atoms with Gasteiger partial charge in [-0.3, -0.25) is 9.59 Å². The molecule has 31 heavy (non-hydrogen) atoms. The van der Waals surface area contributed by atoms with Gasteiger partial charge in [0, 0.05) is 6.54 Å². The minimum Gasteiger partial charge on any atom is -0.497 e. The second-order valence-electron chi connectivity index (χ2n) is 7.54. The average molecular weight is 432 g/mol. The summed E-state index contributed by atoms with van der Waals surface area (Å²) in [6.07, 6.45) is 0.726. The lowest BCUT2D eigenvalue weighted by Crippen LogP contribution is -2.35. The molecule has 2 aromatic carbocycles. The van der Waals surface area contributed by atoms with Crippen molar-refractivity contribution in [2.24, 2.45) is 0 Å². The Labute approximate surface area is 183 Å². The van der Waals surface area contributed by atoms with Gasteiger partial charge in [0.15, 0.2) is 0 Å². The molecule has 0 heterocycles. The molecule has 0 bridgehead atoms. The molecule has 2 aromatic rings. The number of carboxylic acids is 1. The second kappa shape index (κ2) is 12.6. The highest BCUT2D eigenvalue weighted by molar-refractivity contribution is 5.76. The number of nitrogens with zero attached hydrogens (tertiary/aromatic N) is 1. The number of esters is 1. The molecule has 0 fully saturated rings. The third-order valence-electron chi connectivity index (χ3n) is 4.62. The van der Waals surface area contributed by atoms with Gasteiger partial charge >= 0.3 is 11.9 Å². The van der Waals surface area contributed by atoms with E-state index in [0.717, 1.165) is 29.9 Å². The van der Waals surface area contributed by atoms with Gasteiger partial charge in [0.05, 0.1) is 20.0 Å². The third kappa shape index (κ3) is 9.09. The Bertz CT molecular complexity index is 851. The van der Waals surface area contributed by atoms with Crippen molar-refractivity contribution >= 4 is 11.9 Å². The van der Waals surface area contributed by atoms with Crippen molar-refractivity contribution in [2.75, 3.05) is 34.4 Å². The van der Waals surface area contributed by atoms with E-state index in [1.54, 1.807) is 7.11 Å². The van der Waals surface area contributed by atoms with E-state index < -0.39 is 18.0 Å². The van der Waals surface area contributed by atoms with Crippen LogP contribution in [0.15, 0.2) is 48.5 Å². The summed E-state index contributed by atoms with van der Waals surface area (Å²) in [5, 5.41) is 8.74. The number of hydrogen-bond acceptors (Lipinski definition) is 6. The number of likely N-dealkylation sites (N-methyl/N-ethyl adjacent to an activating group) is 1. The van der Waals surface area contributed by atoms with Crippen molar-refractivity contribution in [1.82, 2.24) is 4.90 Å². The molecule has 0 radical (unpaired) electrons. The molecule has 0 aromatic heterocycles. The molecule has 0 aliphatic rings. The van der Waals surface area contributed by atoms with Crippen LogP contribution in [0.5, 0.6) is 11.5 Å². The van der Waals surface area contributed by atoms with Crippen LogP contribution in [0.3, 0.4) is 0 Å². The minimum absolute atomic E-state index is 0.156. The van der Waals surface area contributed by atoms with Gasteiger partial charge in [-0.2, -0.15) is 0 Å². The average Bonchev–Trinajstić information content (AvgIpc) is 2.75. The first-order valence-corrected chi connectivity index (χ1v) is 10.3. The standard InChI is InChI=1S/C24H31NO6/c1-25(2)16-21(31-24(28)14-13-23(26)27)17-30-22-10-5-4-8-19(22)12-11-18-7-6-9-20(15-18)29-3/h4-10,15,21H,11-14,16-17H2,1-3H3,(H,26,27)/t21-/m1/s1/i12+2. The highest BCUT2D eigenvalue weighted by Gasteiger charge is 2.18. The molecule has 0 aliphatic heterocycles. The number of carbonyl (C=O) groups is 2. The number of aryl methyl sites for hydroxylation is 2. The molecule has 1 atom stereocenters. The van der Waals surface area contributed by atoms with Crippen LogP contribution >= 0.6 is 0 Å². The third-order valence-corrected chi connectivity index (χ3v) is 4.62. The van der Waals surface area contributed by atoms with Crippen molar-refractivity contribution < 1.29 is 28.9 Å². The zero-order valence-corrected chi connectivity index (χ0v) is 18.4. The van der Waals surface area contributed by atoms with Crippen LogP contribution in [-0.4, -0.2) is 62.4 Å². The van der Waals surface area contributed by atoms with E-state index in [2.05, 4.69) is 6.07 Å². The van der Waals surface area contributed by atoms with Crippen LogP contribution in [0.25, 0.3) is 0 Å². The summed E-state index contributed by atoms with van der Waals surface area (Å²) in [6.45, 7) is 0.665. The molecular formula is C24H31NO6. The molecule has 0 saturated carbocycles. The maximum absolute atomic E-state index is 12.0. The molecule has 2 rings (SSSR count). The number of aliphatic carboxylic acids is 1. The van der Waals surface area contributed by atoms with Gasteiger partial charge in [-0.15, -0.1) is 0 Å². The molecule has 7 heteroatoms. The van der Waals surface area contributed by atoms with Gasteiger partial charge in [0.1, 0.15) is 24.2 Å². The Morgan fingerprint density at radius 2 is 1.87 bits per heavy atom. The fraction of sp³-hybridized carbons (Fsp3) is 0.417. The fourth-order valence-electron chi connectivity index (χ4n) is 3.13. The summed E-state index contributed by atoms with van der Waals surface area (Å²) >= 11 is 0. The predicted molar refractivity (Wildman–Crippen MR) is 118 cm³/mol. The number of hydrogen-bond donors (Lipinski definition) is 1. The molecule has 0 spiro atoms. The van der Waals surface area contributed by atoms with Crippen molar-refractivity contribution in [2.45, 2.75) is 31.8 Å². The van der Waals surface area contributed by atoms with Crippen LogP contribution < -0.4 is 9.47 Å². The monoisotopic (exact) mass is 431 g/mol. The first kappa shape index (κ1) is 24.2. The van der Waals surface area contributed by atoms with Crippen LogP contribution in [-0.2, 0) is 27.2 Å². The number of rotatable bonds is 13. The summed E-state index contributed by atoms with van der Waals surface area (Å²) in [6, 6.07) is 15.8. The molecule has 0 aliphatic carbocycles. The number of carboxylic acid groups (broad SMARTS) is 1. The molecule has 0 saturated heterocycles. The van der Waals surface area contributed by atoms with Crippen molar-refractivity contribution in [1.29, 1.82) is 0 Å². The Morgan fingerprint density at radius 1 is 1.10 bits per heavy atom. The van der Waals surface area contributed by atoms with Gasteiger partial charge in [-0.05, 0) is 56.3 Å². The lowest BCUT2D eigenvalue weighted by atomic mass is 10.2. The first-order valence-electron chi connectivity index (χ1n) is 10.3. The Morgan fingerprint density at radius 3 is 2.58 bits per heavy atom. The second-order valence-corrected chi connectivity index (χ2v) is 7.54. The van der Waals surface area contributed by atoms with E-state index in [0.29, 0.717) is 6.54 Å². The van der Waals surface area contributed by atoms with Crippen molar-refractivity contribution in [3.05, 3.63) is 59.7 Å². The lowest BCUT2D eigenvalue weighted by Gasteiger charge is -2.22. The van der Waals surface area contributed by atoms with Gasteiger partial charge in [-0.1, -0.05) is 30.3 Å². The van der Waals surface area contributed by atoms with Crippen LogP contribution in [0.2, 0.25) is 0 Å². The van der Waals surface area contributed by atoms with Gasteiger partial charge < -0.3 is 24.2 Å². The van der Waals surface area contributed by atoms with Crippen molar-refractivity contribution in [3.63, 3.8) is 0 Å². The van der Waals surface area contributed by atoms with E-state index in [1.807, 2.05) is 61.5 Å². The lowest BCUT2D eigenvalue weighted by molar-refractivity contribution is -0.153. The topological polar surface area (TPSA) is 85.3 Å². The minimum atomic E-state index is -1.03. The fourth-order valence-corrected chi connectivity index (χ4v) is 3.13. The van der Waals surface area contributed by atoms with E-state index in [1.165, 1.54) is 5.56 Å². The summed E-state index contributed by atoms with van der Waals surface area (Å²) in [5.74, 6) is 0.0143. The van der Waals surface area contributed by atoms with E-state index in [-0.39, 0.29) is 19.4 Å². The molecular weight excluding hydrogens is 400 g/mol. The zero-order valence-electron chi connectivity index (χ0n) is 18.4. The predicted octanol–water partition coefficient (Wildman–Crippen LogP) is 3.20. The van der Waals surface area contributed by atoms with Crippen LogP contribution in [0.1, 0.15) is 24.0 Å². The zero-order chi connectivity index (χ0) is 22.6.